The summed E-state index contributed by atoms with van der Waals surface area (Å²) in [4.78, 5) is 10.8. The maximum Gasteiger partial charge on any atom is 0.255 e. The van der Waals surface area contributed by atoms with Gasteiger partial charge in [-0.3, -0.25) is 10.2 Å². The fourth-order valence-corrected chi connectivity index (χ4v) is 2.11. The molecule has 0 spiro atoms. The van der Waals surface area contributed by atoms with Crippen molar-refractivity contribution in [3.05, 3.63) is 52.5 Å². The van der Waals surface area contributed by atoms with Gasteiger partial charge >= 0.3 is 0 Å². The molecular formula is C17H18BrN3O3. The smallest absolute Gasteiger partial charge is 0.255 e. The van der Waals surface area contributed by atoms with Crippen LogP contribution in [0.1, 0.15) is 12.5 Å². The summed E-state index contributed by atoms with van der Waals surface area (Å²) >= 11 is 3.38. The van der Waals surface area contributed by atoms with E-state index in [0.29, 0.717) is 18.1 Å². The second-order valence-corrected chi connectivity index (χ2v) is 5.69. The van der Waals surface area contributed by atoms with Crippen molar-refractivity contribution < 1.29 is 14.3 Å². The molecule has 0 aliphatic carbocycles. The Balaban J connectivity index is 2.06. The first kappa shape index (κ1) is 17.8. The van der Waals surface area contributed by atoms with Crippen LogP contribution in [0.4, 0.5) is 5.69 Å². The molecule has 2 aromatic carbocycles. The SMILES string of the molecule is CCOc1cc(/C=N/Nc2ccc(Br)cc2)ccc1OCC(N)=O. The van der Waals surface area contributed by atoms with Gasteiger partial charge in [0.2, 0.25) is 0 Å². The van der Waals surface area contributed by atoms with Crippen LogP contribution in [0.3, 0.4) is 0 Å². The lowest BCUT2D eigenvalue weighted by atomic mass is 10.2. The van der Waals surface area contributed by atoms with Gasteiger partial charge in [-0.2, -0.15) is 5.10 Å². The maximum atomic E-state index is 10.8. The molecular weight excluding hydrogens is 374 g/mol. The van der Waals surface area contributed by atoms with Crippen molar-refractivity contribution in [2.24, 2.45) is 10.8 Å². The zero-order chi connectivity index (χ0) is 17.4. The molecule has 0 atom stereocenters. The summed E-state index contributed by atoms with van der Waals surface area (Å²) in [6.07, 6.45) is 1.67. The van der Waals surface area contributed by atoms with Gasteiger partial charge in [-0.15, -0.1) is 0 Å². The number of carbonyl (C=O) groups excluding carboxylic acids is 1. The Hall–Kier alpha value is -2.54. The third kappa shape index (κ3) is 5.58. The summed E-state index contributed by atoms with van der Waals surface area (Å²) in [6.45, 7) is 2.15. The highest BCUT2D eigenvalue weighted by Gasteiger charge is 2.07. The van der Waals surface area contributed by atoms with Crippen molar-refractivity contribution in [1.82, 2.24) is 0 Å². The molecule has 0 aromatic heterocycles. The van der Waals surface area contributed by atoms with E-state index >= 15 is 0 Å². The lowest BCUT2D eigenvalue weighted by Gasteiger charge is -2.11. The average molecular weight is 392 g/mol. The predicted octanol–water partition coefficient (Wildman–Crippen LogP) is 3.16. The van der Waals surface area contributed by atoms with E-state index in [1.807, 2.05) is 37.3 Å². The molecule has 0 bridgehead atoms. The molecule has 0 fully saturated rings. The Kier molecular flexibility index (Phi) is 6.62. The first-order chi connectivity index (χ1) is 11.6. The van der Waals surface area contributed by atoms with Crippen LogP contribution in [0.15, 0.2) is 52.0 Å². The van der Waals surface area contributed by atoms with E-state index in [9.17, 15) is 4.79 Å². The van der Waals surface area contributed by atoms with Crippen LogP contribution in [0.2, 0.25) is 0 Å². The normalized spacial score (nSPS) is 10.6. The van der Waals surface area contributed by atoms with Gasteiger partial charge in [-0.25, -0.2) is 0 Å². The Bertz CT molecular complexity index is 718. The summed E-state index contributed by atoms with van der Waals surface area (Å²) in [5, 5.41) is 4.19. The highest BCUT2D eigenvalue weighted by atomic mass is 79.9. The standard InChI is InChI=1S/C17H18BrN3O3/c1-2-23-16-9-12(3-8-15(16)24-11-17(19)22)10-20-21-14-6-4-13(18)5-7-14/h3-10,21H,2,11H2,1H3,(H2,19,22)/b20-10+. The molecule has 0 aliphatic rings. The van der Waals surface area contributed by atoms with Gasteiger partial charge in [0, 0.05) is 4.47 Å². The molecule has 0 aliphatic heterocycles. The summed E-state index contributed by atoms with van der Waals surface area (Å²) in [7, 11) is 0. The number of amides is 1. The van der Waals surface area contributed by atoms with E-state index in [0.717, 1.165) is 15.7 Å². The van der Waals surface area contributed by atoms with Crippen molar-refractivity contribution in [3.63, 3.8) is 0 Å². The quantitative estimate of drug-likeness (QED) is 0.534. The molecule has 1 amide bonds. The third-order valence-corrected chi connectivity index (χ3v) is 3.42. The molecule has 0 unspecified atom stereocenters. The van der Waals surface area contributed by atoms with Gasteiger partial charge < -0.3 is 15.2 Å². The van der Waals surface area contributed by atoms with Crippen molar-refractivity contribution >= 4 is 33.7 Å². The minimum Gasteiger partial charge on any atom is -0.490 e. The molecule has 0 radical (unpaired) electrons. The molecule has 0 saturated carbocycles. The minimum atomic E-state index is -0.540. The lowest BCUT2D eigenvalue weighted by molar-refractivity contribution is -0.119. The summed E-state index contributed by atoms with van der Waals surface area (Å²) in [5.74, 6) is 0.460. The zero-order valence-corrected chi connectivity index (χ0v) is 14.7. The van der Waals surface area contributed by atoms with Gasteiger partial charge in [0.15, 0.2) is 18.1 Å². The Morgan fingerprint density at radius 3 is 2.62 bits per heavy atom. The number of rotatable bonds is 8. The predicted molar refractivity (Wildman–Crippen MR) is 97.7 cm³/mol. The second-order valence-electron chi connectivity index (χ2n) is 4.77. The number of anilines is 1. The van der Waals surface area contributed by atoms with Crippen LogP contribution in [0.25, 0.3) is 0 Å². The highest BCUT2D eigenvalue weighted by molar-refractivity contribution is 9.10. The number of nitrogens with one attached hydrogen (secondary N) is 1. The number of hydrazone groups is 1. The highest BCUT2D eigenvalue weighted by Crippen LogP contribution is 2.28. The van der Waals surface area contributed by atoms with Gasteiger partial charge in [0.25, 0.3) is 5.91 Å². The summed E-state index contributed by atoms with van der Waals surface area (Å²) in [6, 6.07) is 13.0. The van der Waals surface area contributed by atoms with Crippen LogP contribution in [-0.4, -0.2) is 25.3 Å². The van der Waals surface area contributed by atoms with Crippen LogP contribution in [0.5, 0.6) is 11.5 Å². The summed E-state index contributed by atoms with van der Waals surface area (Å²) in [5.41, 5.74) is 9.73. The zero-order valence-electron chi connectivity index (χ0n) is 13.2. The second kappa shape index (κ2) is 8.93. The third-order valence-electron chi connectivity index (χ3n) is 2.89. The lowest BCUT2D eigenvalue weighted by Crippen LogP contribution is -2.20. The Morgan fingerprint density at radius 1 is 1.21 bits per heavy atom. The Labute approximate surface area is 148 Å². The number of benzene rings is 2. The number of hydrogen-bond acceptors (Lipinski definition) is 5. The monoisotopic (exact) mass is 391 g/mol. The molecule has 3 N–H and O–H groups in total. The minimum absolute atomic E-state index is 0.196. The van der Waals surface area contributed by atoms with Crippen LogP contribution in [0, 0.1) is 0 Å². The van der Waals surface area contributed by atoms with Gasteiger partial charge in [0.05, 0.1) is 18.5 Å². The number of halogens is 1. The van der Waals surface area contributed by atoms with Gasteiger partial charge in [-0.05, 0) is 55.0 Å². The van der Waals surface area contributed by atoms with Gasteiger partial charge in [0.1, 0.15) is 0 Å². The van der Waals surface area contributed by atoms with E-state index < -0.39 is 5.91 Å². The van der Waals surface area contributed by atoms with Crippen molar-refractivity contribution in [3.8, 4) is 11.5 Å². The summed E-state index contributed by atoms with van der Waals surface area (Å²) < 4.78 is 11.9. The van der Waals surface area contributed by atoms with E-state index in [2.05, 4.69) is 26.5 Å². The molecule has 24 heavy (non-hydrogen) atoms. The van der Waals surface area contributed by atoms with E-state index in [1.54, 1.807) is 18.3 Å². The fourth-order valence-electron chi connectivity index (χ4n) is 1.85. The number of hydrogen-bond donors (Lipinski definition) is 2. The maximum absolute atomic E-state index is 10.8. The first-order valence-electron chi connectivity index (χ1n) is 7.31. The fraction of sp³-hybridized carbons (Fsp3) is 0.176. The van der Waals surface area contributed by atoms with E-state index in [4.69, 9.17) is 15.2 Å². The molecule has 126 valence electrons. The number of primary amides is 1. The number of nitrogens with zero attached hydrogens (tertiary/aromatic N) is 1. The topological polar surface area (TPSA) is 85.9 Å². The molecule has 7 heteroatoms. The van der Waals surface area contributed by atoms with Gasteiger partial charge in [-0.1, -0.05) is 15.9 Å². The first-order valence-corrected chi connectivity index (χ1v) is 8.10. The number of carbonyl (C=O) groups is 1. The van der Waals surface area contributed by atoms with E-state index in [1.165, 1.54) is 0 Å². The molecule has 0 heterocycles. The molecule has 2 rings (SSSR count). The van der Waals surface area contributed by atoms with Crippen molar-refractivity contribution in [2.75, 3.05) is 18.6 Å². The molecule has 2 aromatic rings. The van der Waals surface area contributed by atoms with E-state index in [-0.39, 0.29) is 6.61 Å². The van der Waals surface area contributed by atoms with Crippen LogP contribution in [-0.2, 0) is 4.79 Å². The average Bonchev–Trinajstić information content (AvgIpc) is 2.56. The van der Waals surface area contributed by atoms with Crippen molar-refractivity contribution in [2.45, 2.75) is 6.92 Å². The van der Waals surface area contributed by atoms with Crippen LogP contribution < -0.4 is 20.6 Å². The van der Waals surface area contributed by atoms with Crippen molar-refractivity contribution in [1.29, 1.82) is 0 Å². The number of ether oxygens (including phenoxy) is 2. The Morgan fingerprint density at radius 2 is 1.96 bits per heavy atom. The van der Waals surface area contributed by atoms with Crippen LogP contribution >= 0.6 is 15.9 Å². The molecule has 6 nitrogen and oxygen atoms in total. The number of nitrogens with two attached hydrogens (primary N) is 1. The largest absolute Gasteiger partial charge is 0.490 e. The molecule has 0 saturated heterocycles.